The predicted octanol–water partition coefficient (Wildman–Crippen LogP) is 3.90. The molecular weight excluding hydrogens is 308 g/mol. The number of aromatic nitrogens is 1. The molecule has 3 rings (SSSR count). The van der Waals surface area contributed by atoms with Crippen LogP contribution in [0, 0.1) is 0 Å². The van der Waals surface area contributed by atoms with E-state index < -0.39 is 0 Å². The molecule has 1 aromatic heterocycles. The molecule has 4 nitrogen and oxygen atoms in total. The van der Waals surface area contributed by atoms with E-state index in [1.165, 1.54) is 11.9 Å². The van der Waals surface area contributed by atoms with Crippen molar-refractivity contribution < 1.29 is 4.74 Å². The maximum Gasteiger partial charge on any atom is 0.258 e. The lowest BCUT2D eigenvalue weighted by molar-refractivity contribution is 0.417. The molecule has 0 unspecified atom stereocenters. The van der Waals surface area contributed by atoms with Gasteiger partial charge in [-0.2, -0.15) is 0 Å². The lowest BCUT2D eigenvalue weighted by Gasteiger charge is -2.13. The van der Waals surface area contributed by atoms with E-state index in [0.717, 1.165) is 33.3 Å². The maximum atomic E-state index is 12.3. The second kappa shape index (κ2) is 6.38. The zero-order valence-electron chi connectivity index (χ0n) is 13.3. The van der Waals surface area contributed by atoms with E-state index in [4.69, 9.17) is 4.74 Å². The highest BCUT2D eigenvalue weighted by molar-refractivity contribution is 7.99. The van der Waals surface area contributed by atoms with Crippen molar-refractivity contribution in [3.8, 4) is 16.9 Å². The Morgan fingerprint density at radius 1 is 1.13 bits per heavy atom. The molecule has 0 bridgehead atoms. The Morgan fingerprint density at radius 3 is 2.57 bits per heavy atom. The number of ether oxygens (including phenoxy) is 1. The number of anilines is 1. The lowest BCUT2D eigenvalue weighted by Crippen LogP contribution is -2.16. The van der Waals surface area contributed by atoms with Gasteiger partial charge in [-0.25, -0.2) is 0 Å². The van der Waals surface area contributed by atoms with Crippen molar-refractivity contribution in [2.75, 3.05) is 18.1 Å². The highest BCUT2D eigenvalue weighted by atomic mass is 32.2. The Kier molecular flexibility index (Phi) is 4.30. The summed E-state index contributed by atoms with van der Waals surface area (Å²) in [4.78, 5) is 12.3. The Morgan fingerprint density at radius 2 is 1.87 bits per heavy atom. The standard InChI is InChI=1S/C18H18N2O2S/c1-20-11-15(13-6-4-5-7-14(13)18(20)21)12-8-9-17(22-2)16(10-12)19-23-3/h4-11,19H,1-3H3. The molecule has 0 fully saturated rings. The Bertz CT molecular complexity index is 919. The van der Waals surface area contributed by atoms with Crippen LogP contribution in [0.25, 0.3) is 21.9 Å². The minimum Gasteiger partial charge on any atom is -0.495 e. The third-order valence-corrected chi connectivity index (χ3v) is 4.24. The van der Waals surface area contributed by atoms with Crippen LogP contribution in [-0.4, -0.2) is 17.9 Å². The number of benzene rings is 2. The van der Waals surface area contributed by atoms with Gasteiger partial charge < -0.3 is 14.0 Å². The summed E-state index contributed by atoms with van der Waals surface area (Å²) < 4.78 is 10.3. The molecule has 5 heteroatoms. The third kappa shape index (κ3) is 2.80. The van der Waals surface area contributed by atoms with Crippen molar-refractivity contribution >= 4 is 28.4 Å². The smallest absolute Gasteiger partial charge is 0.258 e. The van der Waals surface area contributed by atoms with Crippen molar-refractivity contribution in [3.63, 3.8) is 0 Å². The largest absolute Gasteiger partial charge is 0.495 e. The first-order valence-corrected chi connectivity index (χ1v) is 8.44. The summed E-state index contributed by atoms with van der Waals surface area (Å²) in [6, 6.07) is 13.7. The molecule has 0 saturated carbocycles. The number of hydrogen-bond acceptors (Lipinski definition) is 4. The van der Waals surface area contributed by atoms with Crippen molar-refractivity contribution in [3.05, 3.63) is 59.0 Å². The van der Waals surface area contributed by atoms with Gasteiger partial charge in [-0.05, 0) is 29.1 Å². The van der Waals surface area contributed by atoms with Crippen molar-refractivity contribution in [2.24, 2.45) is 7.05 Å². The zero-order chi connectivity index (χ0) is 16.4. The number of pyridine rings is 1. The summed E-state index contributed by atoms with van der Waals surface area (Å²) in [5, 5.41) is 1.68. The Balaban J connectivity index is 2.27. The number of nitrogens with zero attached hydrogens (tertiary/aromatic N) is 1. The van der Waals surface area contributed by atoms with E-state index in [-0.39, 0.29) is 5.56 Å². The molecule has 23 heavy (non-hydrogen) atoms. The SMILES string of the molecule is COc1ccc(-c2cn(C)c(=O)c3ccccc23)cc1NSC. The summed E-state index contributed by atoms with van der Waals surface area (Å²) >= 11 is 1.51. The zero-order valence-corrected chi connectivity index (χ0v) is 14.1. The summed E-state index contributed by atoms with van der Waals surface area (Å²) in [5.74, 6) is 0.789. The van der Waals surface area contributed by atoms with Crippen molar-refractivity contribution in [1.82, 2.24) is 4.57 Å². The molecule has 0 aliphatic heterocycles. The van der Waals surface area contributed by atoms with Crippen LogP contribution in [-0.2, 0) is 7.05 Å². The Labute approximate surface area is 139 Å². The molecule has 0 saturated heterocycles. The van der Waals surface area contributed by atoms with Gasteiger partial charge in [0.1, 0.15) is 5.75 Å². The van der Waals surface area contributed by atoms with Gasteiger partial charge in [-0.1, -0.05) is 36.2 Å². The fourth-order valence-electron chi connectivity index (χ4n) is 2.71. The lowest BCUT2D eigenvalue weighted by atomic mass is 10.00. The normalized spacial score (nSPS) is 10.7. The molecule has 118 valence electrons. The number of aryl methyl sites for hydroxylation is 1. The average Bonchev–Trinajstić information content (AvgIpc) is 2.58. The van der Waals surface area contributed by atoms with E-state index in [1.807, 2.05) is 54.9 Å². The minimum atomic E-state index is 0.0142. The maximum absolute atomic E-state index is 12.3. The average molecular weight is 326 g/mol. The van der Waals surface area contributed by atoms with Gasteiger partial charge in [0, 0.05) is 30.4 Å². The highest BCUT2D eigenvalue weighted by Gasteiger charge is 2.11. The molecule has 0 aliphatic carbocycles. The quantitative estimate of drug-likeness (QED) is 0.738. The van der Waals surface area contributed by atoms with Crippen LogP contribution in [0.1, 0.15) is 0 Å². The number of nitrogens with one attached hydrogen (secondary N) is 1. The van der Waals surface area contributed by atoms with Crippen molar-refractivity contribution in [1.29, 1.82) is 0 Å². The van der Waals surface area contributed by atoms with Gasteiger partial charge in [0.25, 0.3) is 5.56 Å². The molecule has 0 radical (unpaired) electrons. The first-order chi connectivity index (χ1) is 11.2. The Hall–Kier alpha value is -2.40. The molecule has 2 aromatic carbocycles. The first kappa shape index (κ1) is 15.5. The molecule has 0 spiro atoms. The number of hydrogen-bond donors (Lipinski definition) is 1. The van der Waals surface area contributed by atoms with E-state index in [0.29, 0.717) is 0 Å². The fraction of sp³-hybridized carbons (Fsp3) is 0.167. The van der Waals surface area contributed by atoms with Crippen LogP contribution in [0.3, 0.4) is 0 Å². The van der Waals surface area contributed by atoms with Gasteiger partial charge in [0.15, 0.2) is 0 Å². The predicted molar refractivity (Wildman–Crippen MR) is 98.3 cm³/mol. The van der Waals surface area contributed by atoms with Gasteiger partial charge in [0.05, 0.1) is 12.8 Å². The summed E-state index contributed by atoms with van der Waals surface area (Å²) in [6.07, 6.45) is 3.85. The molecule has 3 aromatic rings. The summed E-state index contributed by atoms with van der Waals surface area (Å²) in [6.45, 7) is 0. The van der Waals surface area contributed by atoms with E-state index >= 15 is 0 Å². The van der Waals surface area contributed by atoms with Gasteiger partial charge in [0.2, 0.25) is 0 Å². The number of fused-ring (bicyclic) bond motifs is 1. The highest BCUT2D eigenvalue weighted by Crippen LogP contribution is 2.34. The monoisotopic (exact) mass is 326 g/mol. The number of rotatable bonds is 4. The van der Waals surface area contributed by atoms with E-state index in [2.05, 4.69) is 4.72 Å². The molecule has 1 heterocycles. The second-order valence-electron chi connectivity index (χ2n) is 5.23. The summed E-state index contributed by atoms with van der Waals surface area (Å²) in [7, 11) is 3.44. The van der Waals surface area contributed by atoms with Crippen LogP contribution >= 0.6 is 11.9 Å². The van der Waals surface area contributed by atoms with Gasteiger partial charge in [-0.15, -0.1) is 0 Å². The summed E-state index contributed by atoms with van der Waals surface area (Å²) in [5.41, 5.74) is 2.99. The molecule has 1 N–H and O–H groups in total. The van der Waals surface area contributed by atoms with Gasteiger partial charge >= 0.3 is 0 Å². The first-order valence-electron chi connectivity index (χ1n) is 7.21. The topological polar surface area (TPSA) is 43.3 Å². The van der Waals surface area contributed by atoms with Crippen molar-refractivity contribution in [2.45, 2.75) is 0 Å². The van der Waals surface area contributed by atoms with Crippen LogP contribution in [0.2, 0.25) is 0 Å². The molecule has 0 amide bonds. The fourth-order valence-corrected chi connectivity index (χ4v) is 3.09. The molecule has 0 atom stereocenters. The molecular formula is C18H18N2O2S. The number of methoxy groups -OCH3 is 1. The van der Waals surface area contributed by atoms with Gasteiger partial charge in [-0.3, -0.25) is 4.79 Å². The van der Waals surface area contributed by atoms with Crippen LogP contribution in [0.4, 0.5) is 5.69 Å². The third-order valence-electron chi connectivity index (χ3n) is 3.81. The second-order valence-corrected chi connectivity index (χ2v) is 5.84. The van der Waals surface area contributed by atoms with Crippen LogP contribution in [0.5, 0.6) is 5.75 Å². The van der Waals surface area contributed by atoms with E-state index in [1.54, 1.807) is 18.7 Å². The van der Waals surface area contributed by atoms with Crippen LogP contribution < -0.4 is 15.0 Å². The van der Waals surface area contributed by atoms with E-state index in [9.17, 15) is 4.79 Å². The minimum absolute atomic E-state index is 0.0142. The molecule has 0 aliphatic rings. The van der Waals surface area contributed by atoms with Crippen LogP contribution in [0.15, 0.2) is 53.5 Å².